The summed E-state index contributed by atoms with van der Waals surface area (Å²) >= 11 is 0. The normalized spacial score (nSPS) is 38.7. The molecule has 2 nitrogen and oxygen atoms in total. The van der Waals surface area contributed by atoms with Crippen LogP contribution in [0.25, 0.3) is 0 Å². The highest BCUT2D eigenvalue weighted by Gasteiger charge is 2.64. The van der Waals surface area contributed by atoms with E-state index in [9.17, 15) is 0 Å². The van der Waals surface area contributed by atoms with Crippen molar-refractivity contribution in [3.8, 4) is 0 Å². The van der Waals surface area contributed by atoms with Crippen molar-refractivity contribution in [1.29, 1.82) is 0 Å². The van der Waals surface area contributed by atoms with E-state index < -0.39 is 0 Å². The summed E-state index contributed by atoms with van der Waals surface area (Å²) in [5.41, 5.74) is 3.49. The minimum absolute atomic E-state index is 0.233. The first kappa shape index (κ1) is 16.6. The molecule has 3 unspecified atom stereocenters. The van der Waals surface area contributed by atoms with Crippen molar-refractivity contribution in [3.63, 3.8) is 0 Å². The summed E-state index contributed by atoms with van der Waals surface area (Å²) in [5, 5.41) is 0. The van der Waals surface area contributed by atoms with E-state index in [-0.39, 0.29) is 11.2 Å². The van der Waals surface area contributed by atoms with Gasteiger partial charge in [0, 0.05) is 11.8 Å². The fourth-order valence-electron chi connectivity index (χ4n) is 6.41. The van der Waals surface area contributed by atoms with Gasteiger partial charge in [-0.3, -0.25) is 0 Å². The molecule has 0 amide bonds. The SMILES string of the molecule is CC.C[C@]12CCC3c4ccccc4CCC3C1CCC21OCCO1. The number of fused-ring (bicyclic) bond motifs is 6. The Kier molecular flexibility index (Phi) is 4.25. The summed E-state index contributed by atoms with van der Waals surface area (Å²) < 4.78 is 12.4. The number of rotatable bonds is 0. The van der Waals surface area contributed by atoms with Crippen LogP contribution in [-0.4, -0.2) is 19.0 Å². The average molecular weight is 328 g/mol. The van der Waals surface area contributed by atoms with Crippen LogP contribution in [-0.2, 0) is 15.9 Å². The minimum atomic E-state index is -0.250. The zero-order valence-corrected chi connectivity index (χ0v) is 15.5. The van der Waals surface area contributed by atoms with Gasteiger partial charge < -0.3 is 9.47 Å². The van der Waals surface area contributed by atoms with Crippen LogP contribution in [0.1, 0.15) is 69.9 Å². The maximum absolute atomic E-state index is 6.20. The minimum Gasteiger partial charge on any atom is -0.347 e. The van der Waals surface area contributed by atoms with E-state index in [2.05, 4.69) is 31.2 Å². The van der Waals surface area contributed by atoms with Gasteiger partial charge in [-0.15, -0.1) is 0 Å². The second-order valence-electron chi connectivity index (χ2n) is 8.06. The molecular formula is C22H32O2. The van der Waals surface area contributed by atoms with Gasteiger partial charge in [0.15, 0.2) is 5.79 Å². The number of aryl methyl sites for hydroxylation is 1. The van der Waals surface area contributed by atoms with Gasteiger partial charge in [0.25, 0.3) is 0 Å². The molecule has 1 saturated heterocycles. The van der Waals surface area contributed by atoms with Gasteiger partial charge in [-0.1, -0.05) is 45.0 Å². The molecule has 1 spiro atoms. The second-order valence-corrected chi connectivity index (χ2v) is 8.06. The van der Waals surface area contributed by atoms with E-state index in [1.807, 2.05) is 13.8 Å². The van der Waals surface area contributed by atoms with Crippen LogP contribution in [0.4, 0.5) is 0 Å². The van der Waals surface area contributed by atoms with E-state index in [0.29, 0.717) is 0 Å². The fourth-order valence-corrected chi connectivity index (χ4v) is 6.41. The molecule has 3 fully saturated rings. The Morgan fingerprint density at radius 3 is 2.50 bits per heavy atom. The molecule has 1 aromatic carbocycles. The Hall–Kier alpha value is -0.860. The highest BCUT2D eigenvalue weighted by molar-refractivity contribution is 5.35. The molecule has 0 aromatic heterocycles. The van der Waals surface area contributed by atoms with Gasteiger partial charge in [-0.2, -0.15) is 0 Å². The Labute approximate surface area is 146 Å². The zero-order valence-electron chi connectivity index (χ0n) is 15.5. The summed E-state index contributed by atoms with van der Waals surface area (Å²) in [7, 11) is 0. The van der Waals surface area contributed by atoms with Gasteiger partial charge in [-0.25, -0.2) is 0 Å². The third kappa shape index (κ3) is 2.15. The molecule has 1 heterocycles. The van der Waals surface area contributed by atoms with Gasteiger partial charge >= 0.3 is 0 Å². The largest absolute Gasteiger partial charge is 0.347 e. The molecule has 5 rings (SSSR count). The summed E-state index contributed by atoms with van der Waals surface area (Å²) in [4.78, 5) is 0. The van der Waals surface area contributed by atoms with E-state index in [1.54, 1.807) is 11.1 Å². The highest BCUT2D eigenvalue weighted by Crippen LogP contribution is 2.66. The molecule has 132 valence electrons. The summed E-state index contributed by atoms with van der Waals surface area (Å²) in [5.74, 6) is 2.14. The van der Waals surface area contributed by atoms with Gasteiger partial charge in [-0.05, 0) is 61.0 Å². The second kappa shape index (κ2) is 6.14. The monoisotopic (exact) mass is 328 g/mol. The fraction of sp³-hybridized carbons (Fsp3) is 0.727. The zero-order chi connectivity index (χ0) is 16.8. The quantitative estimate of drug-likeness (QED) is 0.642. The van der Waals surface area contributed by atoms with Gasteiger partial charge in [0.05, 0.1) is 13.2 Å². The first-order chi connectivity index (χ1) is 11.7. The van der Waals surface area contributed by atoms with Crippen molar-refractivity contribution < 1.29 is 9.47 Å². The third-order valence-corrected chi connectivity index (χ3v) is 7.44. The van der Waals surface area contributed by atoms with E-state index in [1.165, 1.54) is 32.1 Å². The Balaban J connectivity index is 0.000000704. The van der Waals surface area contributed by atoms with Crippen LogP contribution < -0.4 is 0 Å². The van der Waals surface area contributed by atoms with Gasteiger partial charge in [0.1, 0.15) is 0 Å². The van der Waals surface area contributed by atoms with Crippen LogP contribution in [0, 0.1) is 17.3 Å². The van der Waals surface area contributed by atoms with Crippen LogP contribution in [0.15, 0.2) is 24.3 Å². The third-order valence-electron chi connectivity index (χ3n) is 7.44. The van der Waals surface area contributed by atoms with Crippen molar-refractivity contribution in [2.75, 3.05) is 13.2 Å². The molecular weight excluding hydrogens is 296 g/mol. The molecule has 2 saturated carbocycles. The highest BCUT2D eigenvalue weighted by atomic mass is 16.7. The van der Waals surface area contributed by atoms with Gasteiger partial charge in [0.2, 0.25) is 0 Å². The Morgan fingerprint density at radius 2 is 1.71 bits per heavy atom. The molecule has 1 aliphatic heterocycles. The summed E-state index contributed by atoms with van der Waals surface area (Å²) in [6, 6.07) is 9.17. The van der Waals surface area contributed by atoms with E-state index in [4.69, 9.17) is 9.47 Å². The lowest BCUT2D eigenvalue weighted by atomic mass is 9.55. The first-order valence-corrected chi connectivity index (χ1v) is 10.1. The van der Waals surface area contributed by atoms with Crippen molar-refractivity contribution in [2.24, 2.45) is 17.3 Å². The van der Waals surface area contributed by atoms with Crippen molar-refractivity contribution in [2.45, 2.75) is 71.0 Å². The van der Waals surface area contributed by atoms with Crippen molar-refractivity contribution in [1.82, 2.24) is 0 Å². The predicted octanol–water partition coefficient (Wildman–Crippen LogP) is 5.31. The molecule has 3 aliphatic carbocycles. The lowest BCUT2D eigenvalue weighted by Crippen LogP contribution is -2.51. The van der Waals surface area contributed by atoms with E-state index in [0.717, 1.165) is 37.4 Å². The maximum atomic E-state index is 6.20. The van der Waals surface area contributed by atoms with Crippen molar-refractivity contribution >= 4 is 0 Å². The average Bonchev–Trinajstić information content (AvgIpc) is 3.23. The number of ether oxygens (including phenoxy) is 2. The van der Waals surface area contributed by atoms with Crippen LogP contribution in [0.3, 0.4) is 0 Å². The molecule has 0 N–H and O–H groups in total. The van der Waals surface area contributed by atoms with E-state index >= 15 is 0 Å². The maximum Gasteiger partial charge on any atom is 0.174 e. The topological polar surface area (TPSA) is 18.5 Å². The summed E-state index contributed by atoms with van der Waals surface area (Å²) in [6.45, 7) is 8.05. The molecule has 2 heteroatoms. The molecule has 1 aromatic rings. The number of hydrogen-bond donors (Lipinski definition) is 0. The number of benzene rings is 1. The standard InChI is InChI=1S/C20H26O2.C2H6/c1-19-10-8-16-15-5-3-2-4-14(15)6-7-17(16)18(19)9-11-20(19)21-12-13-22-20;1-2/h2-5,16-18H,6-13H2,1H3;1-2H3/t16?,17?,18?,19-;/m0./s1. The molecule has 0 bridgehead atoms. The first-order valence-electron chi connectivity index (χ1n) is 10.1. The van der Waals surface area contributed by atoms with Crippen LogP contribution in [0.2, 0.25) is 0 Å². The molecule has 24 heavy (non-hydrogen) atoms. The Bertz CT molecular complexity index is 589. The van der Waals surface area contributed by atoms with Crippen LogP contribution >= 0.6 is 0 Å². The smallest absolute Gasteiger partial charge is 0.174 e. The molecule has 4 aliphatic rings. The number of hydrogen-bond acceptors (Lipinski definition) is 2. The molecule has 4 atom stereocenters. The van der Waals surface area contributed by atoms with Crippen LogP contribution in [0.5, 0.6) is 0 Å². The Morgan fingerprint density at radius 1 is 0.958 bits per heavy atom. The predicted molar refractivity (Wildman–Crippen MR) is 97.0 cm³/mol. The molecule has 0 radical (unpaired) electrons. The lowest BCUT2D eigenvalue weighted by Gasteiger charge is -2.52. The lowest BCUT2D eigenvalue weighted by molar-refractivity contribution is -0.237. The summed E-state index contributed by atoms with van der Waals surface area (Å²) in [6.07, 6.45) is 7.59. The van der Waals surface area contributed by atoms with Crippen molar-refractivity contribution in [3.05, 3.63) is 35.4 Å².